The smallest absolute Gasteiger partial charge is 0.223 e. The van der Waals surface area contributed by atoms with E-state index in [9.17, 15) is 13.6 Å². The summed E-state index contributed by atoms with van der Waals surface area (Å²) in [6, 6.07) is 14.4. The molecular weight excluding hydrogens is 412 g/mol. The standard InChI is InChI=1S/C25H25F2N3O2/c26-21-5-1-2-6-23(21)32-24-8-7-18(14-22(24)27)17-30-12-9-20(10-13-30)25(31)29-16-19-4-3-11-28-15-19/h1-8,11,14-15,20H,9-10,12-13,16-17H2,(H,29,31). The van der Waals surface area contributed by atoms with E-state index in [1.165, 1.54) is 24.3 Å². The molecule has 0 aliphatic carbocycles. The molecule has 1 N–H and O–H groups in total. The Morgan fingerprint density at radius 1 is 1.00 bits per heavy atom. The van der Waals surface area contributed by atoms with Crippen LogP contribution in [0.3, 0.4) is 0 Å². The van der Waals surface area contributed by atoms with Gasteiger partial charge in [0.2, 0.25) is 5.91 Å². The Labute approximate surface area is 186 Å². The quantitative estimate of drug-likeness (QED) is 0.583. The zero-order chi connectivity index (χ0) is 22.3. The molecule has 1 saturated heterocycles. The fourth-order valence-electron chi connectivity index (χ4n) is 3.82. The topological polar surface area (TPSA) is 54.5 Å². The van der Waals surface area contributed by atoms with Crippen LogP contribution in [0.25, 0.3) is 0 Å². The summed E-state index contributed by atoms with van der Waals surface area (Å²) in [5.41, 5.74) is 1.78. The number of ether oxygens (including phenoxy) is 1. The summed E-state index contributed by atoms with van der Waals surface area (Å²) in [4.78, 5) is 18.7. The molecule has 7 heteroatoms. The first kappa shape index (κ1) is 21.9. The third-order valence-corrected chi connectivity index (χ3v) is 5.61. The minimum atomic E-state index is -0.539. The van der Waals surface area contributed by atoms with Gasteiger partial charge in [-0.2, -0.15) is 0 Å². The van der Waals surface area contributed by atoms with Crippen molar-refractivity contribution in [1.29, 1.82) is 0 Å². The summed E-state index contributed by atoms with van der Waals surface area (Å²) in [6.45, 7) is 2.59. The second-order valence-electron chi connectivity index (χ2n) is 7.93. The largest absolute Gasteiger partial charge is 0.451 e. The molecule has 1 amide bonds. The molecule has 1 aromatic heterocycles. The van der Waals surface area contributed by atoms with Crippen molar-refractivity contribution in [1.82, 2.24) is 15.2 Å². The fraction of sp³-hybridized carbons (Fsp3) is 0.280. The van der Waals surface area contributed by atoms with Gasteiger partial charge in [0.1, 0.15) is 0 Å². The van der Waals surface area contributed by atoms with Gasteiger partial charge in [0.15, 0.2) is 23.1 Å². The van der Waals surface area contributed by atoms with Crippen LogP contribution in [-0.2, 0) is 17.9 Å². The molecule has 2 heterocycles. The van der Waals surface area contributed by atoms with Crippen LogP contribution in [0.1, 0.15) is 24.0 Å². The van der Waals surface area contributed by atoms with Gasteiger partial charge in [-0.3, -0.25) is 14.7 Å². The van der Waals surface area contributed by atoms with Crippen LogP contribution < -0.4 is 10.1 Å². The molecule has 0 atom stereocenters. The molecule has 1 aliphatic heterocycles. The van der Waals surface area contributed by atoms with E-state index in [1.807, 2.05) is 12.1 Å². The number of likely N-dealkylation sites (tertiary alicyclic amines) is 1. The molecule has 1 aliphatic rings. The van der Waals surface area contributed by atoms with Crippen molar-refractivity contribution < 1.29 is 18.3 Å². The summed E-state index contributed by atoms with van der Waals surface area (Å²) in [6.07, 6.45) is 4.97. The summed E-state index contributed by atoms with van der Waals surface area (Å²) in [5.74, 6) is -1.05. The molecular formula is C25H25F2N3O2. The van der Waals surface area contributed by atoms with Crippen LogP contribution in [0, 0.1) is 17.6 Å². The number of aromatic nitrogens is 1. The van der Waals surface area contributed by atoms with E-state index in [0.29, 0.717) is 13.1 Å². The van der Waals surface area contributed by atoms with Gasteiger partial charge in [0.25, 0.3) is 0 Å². The third kappa shape index (κ3) is 5.68. The summed E-state index contributed by atoms with van der Waals surface area (Å²) in [7, 11) is 0. The first-order valence-electron chi connectivity index (χ1n) is 10.7. The van der Waals surface area contributed by atoms with E-state index in [0.717, 1.165) is 37.1 Å². The zero-order valence-electron chi connectivity index (χ0n) is 17.6. The van der Waals surface area contributed by atoms with Crippen LogP contribution in [0.4, 0.5) is 8.78 Å². The second-order valence-corrected chi connectivity index (χ2v) is 7.93. The predicted molar refractivity (Wildman–Crippen MR) is 117 cm³/mol. The average molecular weight is 437 g/mol. The summed E-state index contributed by atoms with van der Waals surface area (Å²) in [5, 5.41) is 2.98. The van der Waals surface area contributed by atoms with Crippen molar-refractivity contribution in [2.75, 3.05) is 13.1 Å². The second kappa shape index (κ2) is 10.3. The number of carbonyl (C=O) groups is 1. The first-order valence-corrected chi connectivity index (χ1v) is 10.7. The van der Waals surface area contributed by atoms with E-state index in [1.54, 1.807) is 30.6 Å². The van der Waals surface area contributed by atoms with E-state index < -0.39 is 11.6 Å². The highest BCUT2D eigenvalue weighted by atomic mass is 19.1. The molecule has 0 unspecified atom stereocenters. The molecule has 2 aromatic carbocycles. The van der Waals surface area contributed by atoms with Gasteiger partial charge in [0, 0.05) is 31.4 Å². The van der Waals surface area contributed by atoms with Gasteiger partial charge >= 0.3 is 0 Å². The Hall–Kier alpha value is -3.32. The SMILES string of the molecule is O=C(NCc1cccnc1)C1CCN(Cc2ccc(Oc3ccccc3F)c(F)c2)CC1. The number of nitrogens with zero attached hydrogens (tertiary/aromatic N) is 2. The molecule has 0 spiro atoms. The number of pyridine rings is 1. The Morgan fingerprint density at radius 3 is 2.50 bits per heavy atom. The number of hydrogen-bond donors (Lipinski definition) is 1. The lowest BCUT2D eigenvalue weighted by Crippen LogP contribution is -2.40. The van der Waals surface area contributed by atoms with Crippen molar-refractivity contribution in [3.05, 3.63) is 89.8 Å². The summed E-state index contributed by atoms with van der Waals surface area (Å²) < 4.78 is 33.6. The zero-order valence-corrected chi connectivity index (χ0v) is 17.6. The van der Waals surface area contributed by atoms with Crippen LogP contribution in [0.2, 0.25) is 0 Å². The molecule has 32 heavy (non-hydrogen) atoms. The lowest BCUT2D eigenvalue weighted by atomic mass is 9.95. The minimum Gasteiger partial charge on any atom is -0.451 e. The number of para-hydroxylation sites is 1. The number of halogens is 2. The van der Waals surface area contributed by atoms with E-state index in [-0.39, 0.29) is 23.3 Å². The highest BCUT2D eigenvalue weighted by Crippen LogP contribution is 2.28. The van der Waals surface area contributed by atoms with Crippen molar-refractivity contribution in [2.45, 2.75) is 25.9 Å². The van der Waals surface area contributed by atoms with E-state index in [2.05, 4.69) is 15.2 Å². The van der Waals surface area contributed by atoms with Gasteiger partial charge in [-0.15, -0.1) is 0 Å². The molecule has 5 nitrogen and oxygen atoms in total. The number of hydrogen-bond acceptors (Lipinski definition) is 4. The van der Waals surface area contributed by atoms with Gasteiger partial charge in [0.05, 0.1) is 0 Å². The molecule has 0 radical (unpaired) electrons. The molecule has 4 rings (SSSR count). The number of nitrogens with one attached hydrogen (secondary N) is 1. The fourth-order valence-corrected chi connectivity index (χ4v) is 3.82. The lowest BCUT2D eigenvalue weighted by molar-refractivity contribution is -0.126. The normalized spacial score (nSPS) is 14.8. The van der Waals surface area contributed by atoms with Gasteiger partial charge in [-0.25, -0.2) is 8.78 Å². The Balaban J connectivity index is 1.26. The van der Waals surface area contributed by atoms with E-state index >= 15 is 0 Å². The molecule has 3 aromatic rings. The Kier molecular flexibility index (Phi) is 7.07. The first-order chi connectivity index (χ1) is 15.6. The van der Waals surface area contributed by atoms with Crippen molar-refractivity contribution in [2.24, 2.45) is 5.92 Å². The highest BCUT2D eigenvalue weighted by Gasteiger charge is 2.25. The van der Waals surface area contributed by atoms with Crippen molar-refractivity contribution >= 4 is 5.91 Å². The highest BCUT2D eigenvalue weighted by molar-refractivity contribution is 5.78. The number of benzene rings is 2. The summed E-state index contributed by atoms with van der Waals surface area (Å²) >= 11 is 0. The van der Waals surface area contributed by atoms with E-state index in [4.69, 9.17) is 4.74 Å². The number of piperidine rings is 1. The lowest BCUT2D eigenvalue weighted by Gasteiger charge is -2.31. The van der Waals surface area contributed by atoms with Crippen LogP contribution in [0.5, 0.6) is 11.5 Å². The van der Waals surface area contributed by atoms with Crippen molar-refractivity contribution in [3.8, 4) is 11.5 Å². The molecule has 0 bridgehead atoms. The molecule has 0 saturated carbocycles. The number of amides is 1. The maximum absolute atomic E-state index is 14.5. The Bertz CT molecular complexity index is 1050. The van der Waals surface area contributed by atoms with Crippen LogP contribution in [-0.4, -0.2) is 28.9 Å². The molecule has 1 fully saturated rings. The van der Waals surface area contributed by atoms with Gasteiger partial charge in [-0.05, 0) is 67.4 Å². The minimum absolute atomic E-state index is 0.0111. The Morgan fingerprint density at radius 2 is 1.78 bits per heavy atom. The average Bonchev–Trinajstić information content (AvgIpc) is 2.82. The van der Waals surface area contributed by atoms with Crippen LogP contribution in [0.15, 0.2) is 67.0 Å². The number of carbonyl (C=O) groups excluding carboxylic acids is 1. The predicted octanol–water partition coefficient (Wildman–Crippen LogP) is 4.68. The monoisotopic (exact) mass is 437 g/mol. The third-order valence-electron chi connectivity index (χ3n) is 5.61. The van der Waals surface area contributed by atoms with Gasteiger partial charge < -0.3 is 10.1 Å². The van der Waals surface area contributed by atoms with Crippen LogP contribution >= 0.6 is 0 Å². The van der Waals surface area contributed by atoms with Gasteiger partial charge in [-0.1, -0.05) is 24.3 Å². The van der Waals surface area contributed by atoms with Crippen molar-refractivity contribution in [3.63, 3.8) is 0 Å². The molecule has 166 valence electrons. The maximum atomic E-state index is 14.5. The maximum Gasteiger partial charge on any atom is 0.223 e. The number of rotatable bonds is 7.